The lowest BCUT2D eigenvalue weighted by Gasteiger charge is -2.28. The predicted octanol–water partition coefficient (Wildman–Crippen LogP) is 15.3. The van der Waals surface area contributed by atoms with Crippen molar-refractivity contribution in [2.75, 3.05) is 9.80 Å². The molecule has 9 rings (SSSR count). The zero-order valence-corrected chi connectivity index (χ0v) is 30.4. The number of benzene rings is 9. The van der Waals surface area contributed by atoms with E-state index in [1.165, 1.54) is 0 Å². The van der Waals surface area contributed by atoms with E-state index in [1.807, 2.05) is 182 Å². The van der Waals surface area contributed by atoms with Gasteiger partial charge in [0.1, 0.15) is 0 Å². The molecule has 9 aromatic carbocycles. The lowest BCUT2D eigenvalue weighted by atomic mass is 9.99. The van der Waals surface area contributed by atoms with Gasteiger partial charge in [0.05, 0.1) is 16.7 Å². The highest BCUT2D eigenvalue weighted by atomic mass is 15.1. The molecule has 0 aliphatic heterocycles. The quantitative estimate of drug-likeness (QED) is 0.139. The van der Waals surface area contributed by atoms with Gasteiger partial charge in [-0.05, 0) is 106 Å². The molecule has 0 aliphatic rings. The maximum absolute atomic E-state index is 9.56. The van der Waals surface area contributed by atoms with Gasteiger partial charge in [0.25, 0.3) is 0 Å². The van der Waals surface area contributed by atoms with Crippen LogP contribution in [0.5, 0.6) is 0 Å². The van der Waals surface area contributed by atoms with Crippen molar-refractivity contribution in [2.45, 2.75) is 0 Å². The number of hydrogen-bond donors (Lipinski definition) is 0. The Kier molecular flexibility index (Phi) is 7.49. The van der Waals surface area contributed by atoms with E-state index in [2.05, 4.69) is 4.90 Å². The minimum Gasteiger partial charge on any atom is -0.311 e. The van der Waals surface area contributed by atoms with Crippen LogP contribution in [0.25, 0.3) is 44.5 Å². The second-order valence-electron chi connectivity index (χ2n) is 13.2. The molecule has 0 radical (unpaired) electrons. The van der Waals surface area contributed by atoms with Gasteiger partial charge in [0.2, 0.25) is 0 Å². The minimum atomic E-state index is -0.487. The van der Waals surface area contributed by atoms with Crippen molar-refractivity contribution in [3.05, 3.63) is 242 Å². The summed E-state index contributed by atoms with van der Waals surface area (Å²) in [4.78, 5) is 3.80. The molecule has 0 bridgehead atoms. The molecule has 2 nitrogen and oxygen atoms in total. The van der Waals surface area contributed by atoms with E-state index in [4.69, 9.17) is 0 Å². The monoisotopic (exact) mass is 724 g/mol. The molecule has 0 fully saturated rings. The Labute approximate surface area is 341 Å². The van der Waals surface area contributed by atoms with Gasteiger partial charge in [-0.25, -0.2) is 0 Å². The first-order valence-electron chi connectivity index (χ1n) is 22.5. The molecule has 9 aromatic rings. The highest BCUT2D eigenvalue weighted by Gasteiger charge is 2.18. The molecule has 0 atom stereocenters. The topological polar surface area (TPSA) is 6.48 Å². The Morgan fingerprint density at radius 1 is 0.232 bits per heavy atom. The lowest BCUT2D eigenvalue weighted by molar-refractivity contribution is 1.28. The molecule has 0 aliphatic carbocycles. The smallest absolute Gasteiger partial charge is 0.0645 e. The second kappa shape index (κ2) is 15.9. The van der Waals surface area contributed by atoms with Gasteiger partial charge < -0.3 is 9.80 Å². The van der Waals surface area contributed by atoms with Gasteiger partial charge in [-0.1, -0.05) is 176 Å². The van der Waals surface area contributed by atoms with Gasteiger partial charge in [0, 0.05) is 34.0 Å². The van der Waals surface area contributed by atoms with Crippen LogP contribution in [0.4, 0.5) is 34.1 Å². The van der Waals surface area contributed by atoms with Crippen molar-refractivity contribution in [1.29, 1.82) is 0 Å². The molecular formula is C54H40N2. The fourth-order valence-corrected chi connectivity index (χ4v) is 6.86. The van der Waals surface area contributed by atoms with Gasteiger partial charge >= 0.3 is 0 Å². The van der Waals surface area contributed by atoms with E-state index in [-0.39, 0.29) is 34.5 Å². The summed E-state index contributed by atoms with van der Waals surface area (Å²) in [5, 5.41) is 0. The number of hydrogen-bond acceptors (Lipinski definition) is 2. The van der Waals surface area contributed by atoms with Crippen LogP contribution in [0.3, 0.4) is 0 Å². The number of nitrogens with zero attached hydrogens (tertiary/aromatic N) is 2. The molecule has 0 N–H and O–H groups in total. The third kappa shape index (κ3) is 7.24. The fourth-order valence-electron chi connectivity index (χ4n) is 6.86. The van der Waals surface area contributed by atoms with E-state index < -0.39 is 36.3 Å². The van der Waals surface area contributed by atoms with Crippen LogP contribution in [0, 0.1) is 0 Å². The number of anilines is 6. The van der Waals surface area contributed by atoms with Crippen LogP contribution in [0.1, 0.15) is 11.0 Å². The van der Waals surface area contributed by atoms with Crippen molar-refractivity contribution in [3.8, 4) is 44.5 Å². The van der Waals surface area contributed by atoms with Gasteiger partial charge in [0.15, 0.2) is 0 Å². The molecule has 2 heteroatoms. The molecule has 266 valence electrons. The van der Waals surface area contributed by atoms with E-state index >= 15 is 0 Å². The summed E-state index contributed by atoms with van der Waals surface area (Å²) in [6.07, 6.45) is 0. The Morgan fingerprint density at radius 2 is 0.571 bits per heavy atom. The van der Waals surface area contributed by atoms with E-state index in [0.29, 0.717) is 16.9 Å². The molecule has 0 amide bonds. The molecule has 0 saturated carbocycles. The van der Waals surface area contributed by atoms with Crippen LogP contribution >= 0.6 is 0 Å². The summed E-state index contributed by atoms with van der Waals surface area (Å²) < 4.78 is 74.9. The summed E-state index contributed by atoms with van der Waals surface area (Å²) in [6.45, 7) is 0. The van der Waals surface area contributed by atoms with Crippen molar-refractivity contribution < 1.29 is 11.0 Å². The average molecular weight is 725 g/mol. The maximum Gasteiger partial charge on any atom is 0.0645 e. The molecule has 0 spiro atoms. The number of para-hydroxylation sites is 3. The highest BCUT2D eigenvalue weighted by Crippen LogP contribution is 2.42. The third-order valence-electron chi connectivity index (χ3n) is 9.62. The molecule has 0 heterocycles. The summed E-state index contributed by atoms with van der Waals surface area (Å²) in [7, 11) is 0. The zero-order valence-electron chi connectivity index (χ0n) is 38.4. The third-order valence-corrected chi connectivity index (χ3v) is 9.62. The Balaban J connectivity index is 1.16. The summed E-state index contributed by atoms with van der Waals surface area (Å²) >= 11 is 0. The first kappa shape index (κ1) is 26.4. The second-order valence-corrected chi connectivity index (χ2v) is 13.2. The summed E-state index contributed by atoms with van der Waals surface area (Å²) in [5.74, 6) is 0. The Bertz CT molecular complexity index is 3010. The zero-order chi connectivity index (χ0) is 44.5. The maximum atomic E-state index is 9.56. The SMILES string of the molecule is [2H]c1c([2H])c(-c2c([2H])c([2H])c(N(c3ccc(-c4ccccc4)cc3)c3ccccc3-c3ccccc3)c([2H])c2[2H])c([2H])c([2H])c1-c1ccc(N(c2ccccc2)c2ccccc2)cc1. The van der Waals surface area contributed by atoms with E-state index in [9.17, 15) is 11.0 Å². The largest absolute Gasteiger partial charge is 0.311 e. The van der Waals surface area contributed by atoms with Gasteiger partial charge in [-0.2, -0.15) is 0 Å². The van der Waals surface area contributed by atoms with Crippen molar-refractivity contribution in [3.63, 3.8) is 0 Å². The minimum absolute atomic E-state index is 0.0263. The first-order valence-corrected chi connectivity index (χ1v) is 18.5. The highest BCUT2D eigenvalue weighted by molar-refractivity contribution is 5.89. The molecule has 0 aromatic heterocycles. The van der Waals surface area contributed by atoms with E-state index in [0.717, 1.165) is 39.3 Å². The van der Waals surface area contributed by atoms with Gasteiger partial charge in [-0.15, -0.1) is 0 Å². The first-order chi connectivity index (χ1) is 31.1. The molecule has 56 heavy (non-hydrogen) atoms. The van der Waals surface area contributed by atoms with Crippen LogP contribution in [0.15, 0.2) is 242 Å². The number of rotatable bonds is 10. The van der Waals surface area contributed by atoms with Crippen molar-refractivity contribution >= 4 is 34.1 Å². The molecular weight excluding hydrogens is 677 g/mol. The standard InChI is InChI=1S/C54H40N2/c1-5-15-41(16-6-1)44-31-37-51(38-32-44)56(54-24-14-13-23-53(54)47-17-7-2-8-18-47)52-39-33-46(34-40-52)43-27-25-42(26-28-43)45-29-35-50(36-30-45)55(48-19-9-3-10-20-48)49-21-11-4-12-22-49/h1-40H/i25D,26D,27D,28D,33D,34D,39D,40D. The van der Waals surface area contributed by atoms with Crippen LogP contribution in [-0.2, 0) is 0 Å². The van der Waals surface area contributed by atoms with Crippen molar-refractivity contribution in [2.24, 2.45) is 0 Å². The summed E-state index contributed by atoms with van der Waals surface area (Å²) in [5.41, 5.74) is 7.43. The summed E-state index contributed by atoms with van der Waals surface area (Å²) in [6, 6.07) is 58.5. The average Bonchev–Trinajstić information content (AvgIpc) is 3.34. The Hall–Kier alpha value is -7.42. The predicted molar refractivity (Wildman–Crippen MR) is 238 cm³/mol. The Morgan fingerprint density at radius 3 is 1.09 bits per heavy atom. The van der Waals surface area contributed by atoms with Crippen LogP contribution in [0.2, 0.25) is 0 Å². The molecule has 0 saturated heterocycles. The van der Waals surface area contributed by atoms with Crippen LogP contribution < -0.4 is 9.80 Å². The van der Waals surface area contributed by atoms with E-state index in [1.54, 1.807) is 17.0 Å². The van der Waals surface area contributed by atoms with Crippen molar-refractivity contribution in [1.82, 2.24) is 0 Å². The fraction of sp³-hybridized carbons (Fsp3) is 0. The normalized spacial score (nSPS) is 12.9. The van der Waals surface area contributed by atoms with Gasteiger partial charge in [-0.3, -0.25) is 0 Å². The van der Waals surface area contributed by atoms with Crippen LogP contribution in [-0.4, -0.2) is 0 Å². The molecule has 0 unspecified atom stereocenters. The lowest BCUT2D eigenvalue weighted by Crippen LogP contribution is -2.11.